The van der Waals surface area contributed by atoms with Crippen molar-refractivity contribution in [2.75, 3.05) is 6.61 Å². The van der Waals surface area contributed by atoms with E-state index in [-0.39, 0.29) is 47.3 Å². The van der Waals surface area contributed by atoms with Crippen LogP contribution in [0, 0.1) is 23.6 Å². The van der Waals surface area contributed by atoms with Crippen LogP contribution in [0.15, 0.2) is 18.2 Å². The van der Waals surface area contributed by atoms with Crippen LogP contribution in [0.4, 0.5) is 4.39 Å². The first-order valence-corrected chi connectivity index (χ1v) is 11.4. The lowest BCUT2D eigenvalue weighted by Crippen LogP contribution is -2.61. The zero-order chi connectivity index (χ0) is 21.5. The van der Waals surface area contributed by atoms with Gasteiger partial charge in [0.25, 0.3) is 11.8 Å². The molecule has 1 aromatic rings. The first kappa shape index (κ1) is 21.0. The van der Waals surface area contributed by atoms with Crippen molar-refractivity contribution in [3.8, 4) is 5.75 Å². The quantitative estimate of drug-likeness (QED) is 0.592. The predicted molar refractivity (Wildman–Crippen MR) is 111 cm³/mol. The molecule has 1 aliphatic heterocycles. The Labute approximate surface area is 185 Å². The van der Waals surface area contributed by atoms with Gasteiger partial charge in [-0.3, -0.25) is 14.4 Å². The van der Waals surface area contributed by atoms with Crippen LogP contribution >= 0.6 is 11.6 Å². The lowest BCUT2D eigenvalue weighted by Gasteiger charge is -2.51. The number of carbonyl (C=O) groups is 2. The summed E-state index contributed by atoms with van der Waals surface area (Å²) in [6, 6.07) is 4.40. The highest BCUT2D eigenvalue weighted by Gasteiger charge is 2.48. The highest BCUT2D eigenvalue weighted by molar-refractivity contribution is 6.30. The minimum absolute atomic E-state index is 0.00446. The molecule has 0 spiro atoms. The molecule has 1 saturated heterocycles. The van der Waals surface area contributed by atoms with Gasteiger partial charge in [-0.1, -0.05) is 11.6 Å². The van der Waals surface area contributed by atoms with Crippen molar-refractivity contribution in [1.82, 2.24) is 16.1 Å². The van der Waals surface area contributed by atoms with Crippen molar-refractivity contribution in [3.63, 3.8) is 0 Å². The van der Waals surface area contributed by atoms with Crippen molar-refractivity contribution in [3.05, 3.63) is 29.0 Å². The van der Waals surface area contributed by atoms with E-state index in [4.69, 9.17) is 21.2 Å². The fraction of sp³-hybridized carbons (Fsp3) is 0.636. The number of halogens is 2. The van der Waals surface area contributed by atoms with Gasteiger partial charge >= 0.3 is 0 Å². The number of carbonyl (C=O) groups excluding carboxylic acids is 2. The van der Waals surface area contributed by atoms with Gasteiger partial charge in [-0.05, 0) is 62.0 Å². The zero-order valence-corrected chi connectivity index (χ0v) is 17.9. The number of ether oxygens (including phenoxy) is 1. The topological polar surface area (TPSA) is 88.7 Å². The molecule has 1 aromatic carbocycles. The smallest absolute Gasteiger partial charge is 0.258 e. The van der Waals surface area contributed by atoms with Crippen LogP contribution in [0.3, 0.4) is 0 Å². The number of hydrogen-bond donors (Lipinski definition) is 3. The van der Waals surface area contributed by atoms with Crippen LogP contribution in [0.1, 0.15) is 38.5 Å². The van der Waals surface area contributed by atoms with Gasteiger partial charge in [-0.2, -0.15) is 5.48 Å². The lowest BCUT2D eigenvalue weighted by atomic mass is 9.60. The first-order chi connectivity index (χ1) is 15.0. The Morgan fingerprint density at radius 2 is 1.84 bits per heavy atom. The molecule has 7 nitrogen and oxygen atoms in total. The van der Waals surface area contributed by atoms with Crippen molar-refractivity contribution in [2.45, 2.75) is 62.8 Å². The van der Waals surface area contributed by atoms with Gasteiger partial charge in [0.15, 0.2) is 12.7 Å². The maximum absolute atomic E-state index is 13.5. The average molecular weight is 452 g/mol. The van der Waals surface area contributed by atoms with Crippen LogP contribution < -0.4 is 20.9 Å². The molecule has 9 heteroatoms. The minimum atomic E-state index is -0.587. The summed E-state index contributed by atoms with van der Waals surface area (Å²) < 4.78 is 18.9. The summed E-state index contributed by atoms with van der Waals surface area (Å²) in [4.78, 5) is 30.6. The fourth-order valence-corrected chi connectivity index (χ4v) is 5.18. The molecule has 1 heterocycles. The summed E-state index contributed by atoms with van der Waals surface area (Å²) >= 11 is 5.66. The Balaban J connectivity index is 1.09. The Kier molecular flexibility index (Phi) is 5.79. The van der Waals surface area contributed by atoms with E-state index >= 15 is 0 Å². The molecule has 168 valence electrons. The van der Waals surface area contributed by atoms with Crippen LogP contribution in [0.5, 0.6) is 5.75 Å². The van der Waals surface area contributed by atoms with Gasteiger partial charge in [0.05, 0.1) is 5.02 Å². The second-order valence-electron chi connectivity index (χ2n) is 9.28. The third kappa shape index (κ3) is 4.66. The zero-order valence-electron chi connectivity index (χ0n) is 17.1. The molecule has 0 radical (unpaired) electrons. The molecule has 5 aliphatic rings. The Morgan fingerprint density at radius 3 is 2.55 bits per heavy atom. The van der Waals surface area contributed by atoms with E-state index in [1.54, 1.807) is 0 Å². The summed E-state index contributed by atoms with van der Waals surface area (Å²) in [5, 5.41) is 6.20. The van der Waals surface area contributed by atoms with Crippen LogP contribution in [0.25, 0.3) is 0 Å². The number of hydrogen-bond acceptors (Lipinski definition) is 5. The third-order valence-corrected chi connectivity index (χ3v) is 7.41. The van der Waals surface area contributed by atoms with Gasteiger partial charge in [-0.25, -0.2) is 4.39 Å². The van der Waals surface area contributed by atoms with E-state index < -0.39 is 11.9 Å². The Morgan fingerprint density at radius 1 is 1.10 bits per heavy atom. The first-order valence-electron chi connectivity index (χ1n) is 11.0. The van der Waals surface area contributed by atoms with Gasteiger partial charge in [0.1, 0.15) is 11.6 Å². The molecule has 31 heavy (non-hydrogen) atoms. The van der Waals surface area contributed by atoms with Crippen molar-refractivity contribution < 1.29 is 23.6 Å². The molecule has 2 unspecified atom stereocenters. The summed E-state index contributed by atoms with van der Waals surface area (Å²) in [5.41, 5.74) is 3.01. The van der Waals surface area contributed by atoms with Gasteiger partial charge in [0, 0.05) is 30.6 Å². The highest BCUT2D eigenvalue weighted by atomic mass is 35.5. The largest absolute Gasteiger partial charge is 0.484 e. The summed E-state index contributed by atoms with van der Waals surface area (Å²) in [7, 11) is 0. The van der Waals surface area contributed by atoms with Crippen molar-refractivity contribution in [1.29, 1.82) is 0 Å². The van der Waals surface area contributed by atoms with E-state index in [1.807, 2.05) is 0 Å². The number of benzene rings is 1. The Bertz CT molecular complexity index is 861. The molecular formula is C22H27ClFN3O4. The van der Waals surface area contributed by atoms with Crippen LogP contribution in [0.2, 0.25) is 5.02 Å². The summed E-state index contributed by atoms with van der Waals surface area (Å²) in [5.74, 6) is 0.879. The lowest BCUT2D eigenvalue weighted by molar-refractivity contribution is -0.135. The second-order valence-corrected chi connectivity index (χ2v) is 9.69. The highest BCUT2D eigenvalue weighted by Crippen LogP contribution is 2.46. The fourth-order valence-electron chi connectivity index (χ4n) is 5.06. The monoisotopic (exact) mass is 451 g/mol. The van der Waals surface area contributed by atoms with Gasteiger partial charge in [0.2, 0.25) is 0 Å². The van der Waals surface area contributed by atoms with E-state index in [1.165, 1.54) is 25.0 Å². The van der Waals surface area contributed by atoms with E-state index in [0.717, 1.165) is 25.3 Å². The van der Waals surface area contributed by atoms with Crippen LogP contribution in [-0.4, -0.2) is 42.7 Å². The van der Waals surface area contributed by atoms with Crippen molar-refractivity contribution >= 4 is 23.4 Å². The molecule has 4 aliphatic carbocycles. The predicted octanol–water partition coefficient (Wildman–Crippen LogP) is 2.33. The Hall–Kier alpha value is -1.90. The SMILES string of the molecule is O=C(COc1ccc(Cl)c(F)c1)N[C@@H]1C[C@H](NC(=O)C2CC(C3CC3)NO2)C2CC1C2. The maximum Gasteiger partial charge on any atom is 0.258 e. The molecule has 6 rings (SSSR count). The van der Waals surface area contributed by atoms with E-state index in [0.29, 0.717) is 24.2 Å². The van der Waals surface area contributed by atoms with Gasteiger partial charge in [-0.15, -0.1) is 0 Å². The normalized spacial score (nSPS) is 34.0. The molecule has 2 amide bonds. The summed E-state index contributed by atoms with van der Waals surface area (Å²) in [6.45, 7) is -0.200. The molecule has 5 fully saturated rings. The maximum atomic E-state index is 13.5. The third-order valence-electron chi connectivity index (χ3n) is 7.11. The number of rotatable bonds is 7. The minimum Gasteiger partial charge on any atom is -0.484 e. The van der Waals surface area contributed by atoms with Crippen LogP contribution in [-0.2, 0) is 14.4 Å². The number of fused-ring (bicyclic) bond motifs is 2. The number of hydroxylamine groups is 1. The van der Waals surface area contributed by atoms with Crippen molar-refractivity contribution in [2.24, 2.45) is 17.8 Å². The molecule has 4 saturated carbocycles. The molecule has 4 atom stereocenters. The molecular weight excluding hydrogens is 425 g/mol. The molecule has 2 bridgehead atoms. The number of nitrogens with one attached hydrogen (secondary N) is 3. The molecule has 3 N–H and O–H groups in total. The van der Waals surface area contributed by atoms with E-state index in [2.05, 4.69) is 16.1 Å². The number of amides is 2. The molecule has 0 aromatic heterocycles. The standard InChI is InChI=1S/C22H27ClFN3O4/c23-15-4-3-14(7-16(15)24)30-10-21(28)25-17-8-18(13-5-12(17)6-13)26-22(29)20-9-19(27-31-20)11-1-2-11/h3-4,7,11-13,17-20,27H,1-2,5-6,8-10H2,(H,25,28)(H,26,29)/t12?,13?,17-,18+,19?,20?/m1/s1. The van der Waals surface area contributed by atoms with Gasteiger partial charge < -0.3 is 15.4 Å². The second kappa shape index (κ2) is 8.56. The van der Waals surface area contributed by atoms with E-state index in [9.17, 15) is 14.0 Å². The summed E-state index contributed by atoms with van der Waals surface area (Å²) in [6.07, 6.45) is 5.39. The average Bonchev–Trinajstić information content (AvgIpc) is 3.44.